The maximum atomic E-state index is 9.47. The molecule has 0 saturated carbocycles. The third-order valence-corrected chi connectivity index (χ3v) is 3.96. The lowest BCUT2D eigenvalue weighted by Crippen LogP contribution is -2.24. The van der Waals surface area contributed by atoms with Crippen LogP contribution >= 0.6 is 15.9 Å². The number of aliphatic hydroxyl groups is 1. The topological polar surface area (TPSA) is 38.7 Å². The minimum absolute atomic E-state index is 0.0733. The molecule has 3 rings (SSSR count). The number of hydrogen-bond acceptors (Lipinski definition) is 3. The van der Waals surface area contributed by atoms with Crippen LogP contribution in [-0.2, 0) is 13.0 Å². The Bertz CT molecular complexity index is 680. The zero-order valence-corrected chi connectivity index (χ0v) is 13.6. The van der Waals surface area contributed by atoms with Gasteiger partial charge in [0.2, 0.25) is 0 Å². The Balaban J connectivity index is 1.96. The molecule has 110 valence electrons. The van der Waals surface area contributed by atoms with E-state index in [1.807, 2.05) is 30.3 Å². The highest BCUT2D eigenvalue weighted by atomic mass is 79.9. The predicted molar refractivity (Wildman–Crippen MR) is 85.0 cm³/mol. The van der Waals surface area contributed by atoms with E-state index in [2.05, 4.69) is 35.8 Å². The van der Waals surface area contributed by atoms with Crippen LogP contribution in [0.5, 0.6) is 17.2 Å². The first-order valence-electron chi connectivity index (χ1n) is 6.86. The fourth-order valence-electron chi connectivity index (χ4n) is 2.56. The highest BCUT2D eigenvalue weighted by Gasteiger charge is 2.32. The van der Waals surface area contributed by atoms with Gasteiger partial charge in [-0.2, -0.15) is 0 Å². The van der Waals surface area contributed by atoms with Crippen molar-refractivity contribution in [3.05, 3.63) is 52.0 Å². The molecule has 1 N–H and O–H groups in total. The summed E-state index contributed by atoms with van der Waals surface area (Å²) >= 11 is 3.40. The van der Waals surface area contributed by atoms with Gasteiger partial charge in [0, 0.05) is 22.0 Å². The summed E-state index contributed by atoms with van der Waals surface area (Å²) in [5.41, 5.74) is 1.68. The lowest BCUT2D eigenvalue weighted by atomic mass is 10.0. The Morgan fingerprint density at radius 1 is 1.24 bits per heavy atom. The van der Waals surface area contributed by atoms with Crippen molar-refractivity contribution >= 4 is 15.9 Å². The second kappa shape index (κ2) is 5.35. The van der Waals surface area contributed by atoms with Gasteiger partial charge < -0.3 is 14.6 Å². The van der Waals surface area contributed by atoms with E-state index in [0.29, 0.717) is 11.5 Å². The van der Waals surface area contributed by atoms with Crippen LogP contribution in [0.4, 0.5) is 0 Å². The van der Waals surface area contributed by atoms with E-state index in [0.717, 1.165) is 27.8 Å². The van der Waals surface area contributed by atoms with E-state index in [4.69, 9.17) is 9.47 Å². The third-order valence-electron chi connectivity index (χ3n) is 3.47. The van der Waals surface area contributed by atoms with Crippen LogP contribution < -0.4 is 9.47 Å². The average Bonchev–Trinajstić information content (AvgIpc) is 2.75. The van der Waals surface area contributed by atoms with E-state index in [1.165, 1.54) is 0 Å². The molecule has 21 heavy (non-hydrogen) atoms. The lowest BCUT2D eigenvalue weighted by molar-refractivity contribution is 0.135. The van der Waals surface area contributed by atoms with E-state index >= 15 is 0 Å². The summed E-state index contributed by atoms with van der Waals surface area (Å²) in [6.07, 6.45) is 0.868. The van der Waals surface area contributed by atoms with Crippen LogP contribution in [0, 0.1) is 0 Å². The highest BCUT2D eigenvalue weighted by Crippen LogP contribution is 2.43. The van der Waals surface area contributed by atoms with Crippen LogP contribution in [-0.4, -0.2) is 10.7 Å². The lowest BCUT2D eigenvalue weighted by Gasteiger charge is -2.18. The van der Waals surface area contributed by atoms with Crippen molar-refractivity contribution in [3.63, 3.8) is 0 Å². The predicted octanol–water partition coefficient (Wildman–Crippen LogP) is 4.45. The smallest absolute Gasteiger partial charge is 0.169 e. The zero-order chi connectivity index (χ0) is 15.0. The molecule has 0 unspecified atom stereocenters. The zero-order valence-electron chi connectivity index (χ0n) is 12.0. The van der Waals surface area contributed by atoms with Gasteiger partial charge in [0.05, 0.1) is 6.61 Å². The molecule has 0 radical (unpaired) electrons. The van der Waals surface area contributed by atoms with Gasteiger partial charge in [0.15, 0.2) is 11.5 Å². The molecule has 1 heterocycles. The van der Waals surface area contributed by atoms with Gasteiger partial charge in [0.1, 0.15) is 11.4 Å². The SMILES string of the molecule is CC1(C)Cc2cccc(Oc3ccc(Br)cc3CO)c2O1. The molecule has 0 atom stereocenters. The number of benzene rings is 2. The summed E-state index contributed by atoms with van der Waals surface area (Å²) in [7, 11) is 0. The van der Waals surface area contributed by atoms with Gasteiger partial charge in [-0.25, -0.2) is 0 Å². The largest absolute Gasteiger partial charge is 0.483 e. The van der Waals surface area contributed by atoms with Crippen LogP contribution in [0.2, 0.25) is 0 Å². The molecule has 0 bridgehead atoms. The number of aliphatic hydroxyl groups excluding tert-OH is 1. The Hall–Kier alpha value is -1.52. The fourth-order valence-corrected chi connectivity index (χ4v) is 2.97. The van der Waals surface area contributed by atoms with Crippen LogP contribution in [0.3, 0.4) is 0 Å². The molecule has 0 fully saturated rings. The van der Waals surface area contributed by atoms with Crippen LogP contribution in [0.15, 0.2) is 40.9 Å². The van der Waals surface area contributed by atoms with Crippen molar-refractivity contribution in [1.29, 1.82) is 0 Å². The minimum atomic E-state index is -0.207. The first kappa shape index (κ1) is 14.4. The van der Waals surface area contributed by atoms with Gasteiger partial charge in [-0.3, -0.25) is 0 Å². The number of hydrogen-bond donors (Lipinski definition) is 1. The average molecular weight is 349 g/mol. The molecular weight excluding hydrogens is 332 g/mol. The van der Waals surface area contributed by atoms with Crippen molar-refractivity contribution in [1.82, 2.24) is 0 Å². The maximum absolute atomic E-state index is 9.47. The second-order valence-corrected chi connectivity index (χ2v) is 6.71. The Labute approximate surface area is 132 Å². The normalized spacial score (nSPS) is 15.4. The number of halogens is 1. The number of ether oxygens (including phenoxy) is 2. The fraction of sp³-hybridized carbons (Fsp3) is 0.294. The van der Waals surface area contributed by atoms with Gasteiger partial charge in [0.25, 0.3) is 0 Å². The Morgan fingerprint density at radius 3 is 2.81 bits per heavy atom. The van der Waals surface area contributed by atoms with Crippen molar-refractivity contribution in [2.24, 2.45) is 0 Å². The third kappa shape index (κ3) is 2.92. The van der Waals surface area contributed by atoms with Crippen molar-refractivity contribution in [2.45, 2.75) is 32.5 Å². The van der Waals surface area contributed by atoms with Crippen LogP contribution in [0.25, 0.3) is 0 Å². The van der Waals surface area contributed by atoms with Gasteiger partial charge in [-0.05, 0) is 38.1 Å². The van der Waals surface area contributed by atoms with Gasteiger partial charge >= 0.3 is 0 Å². The Morgan fingerprint density at radius 2 is 2.05 bits per heavy atom. The summed E-state index contributed by atoms with van der Waals surface area (Å²) in [5.74, 6) is 2.13. The molecule has 4 heteroatoms. The summed E-state index contributed by atoms with van der Waals surface area (Å²) in [6.45, 7) is 4.06. The maximum Gasteiger partial charge on any atom is 0.169 e. The van der Waals surface area contributed by atoms with E-state index in [-0.39, 0.29) is 12.2 Å². The molecule has 2 aromatic carbocycles. The van der Waals surface area contributed by atoms with Gasteiger partial charge in [-0.15, -0.1) is 0 Å². The molecule has 2 aromatic rings. The molecule has 0 amide bonds. The van der Waals surface area contributed by atoms with Gasteiger partial charge in [-0.1, -0.05) is 28.1 Å². The molecule has 0 spiro atoms. The molecular formula is C17H17BrO3. The molecule has 0 aliphatic carbocycles. The summed E-state index contributed by atoms with van der Waals surface area (Å²) < 4.78 is 12.9. The molecule has 0 aromatic heterocycles. The molecule has 0 saturated heterocycles. The molecule has 1 aliphatic heterocycles. The van der Waals surface area contributed by atoms with Crippen molar-refractivity contribution in [2.75, 3.05) is 0 Å². The number of para-hydroxylation sites is 1. The summed E-state index contributed by atoms with van der Waals surface area (Å²) in [6, 6.07) is 11.5. The minimum Gasteiger partial charge on any atom is -0.483 e. The van der Waals surface area contributed by atoms with Crippen molar-refractivity contribution < 1.29 is 14.6 Å². The summed E-state index contributed by atoms with van der Waals surface area (Å²) in [4.78, 5) is 0. The van der Waals surface area contributed by atoms with E-state index < -0.39 is 0 Å². The van der Waals surface area contributed by atoms with E-state index in [9.17, 15) is 5.11 Å². The molecule has 3 nitrogen and oxygen atoms in total. The molecule has 1 aliphatic rings. The second-order valence-electron chi connectivity index (χ2n) is 5.80. The Kier molecular flexibility index (Phi) is 3.68. The quantitative estimate of drug-likeness (QED) is 0.890. The van der Waals surface area contributed by atoms with E-state index in [1.54, 1.807) is 0 Å². The monoisotopic (exact) mass is 348 g/mol. The highest BCUT2D eigenvalue weighted by molar-refractivity contribution is 9.10. The van der Waals surface area contributed by atoms with Crippen LogP contribution in [0.1, 0.15) is 25.0 Å². The number of fused-ring (bicyclic) bond motifs is 1. The first-order valence-corrected chi connectivity index (χ1v) is 7.66. The van der Waals surface area contributed by atoms with Crippen molar-refractivity contribution in [3.8, 4) is 17.2 Å². The summed E-state index contributed by atoms with van der Waals surface area (Å²) in [5, 5.41) is 9.47. The standard InChI is InChI=1S/C17H17BrO3/c1-17(2)9-11-4-3-5-15(16(11)21-17)20-14-7-6-13(18)8-12(14)10-19/h3-8,19H,9-10H2,1-2H3. The number of rotatable bonds is 3. The first-order chi connectivity index (χ1) is 9.98.